The van der Waals surface area contributed by atoms with E-state index >= 15 is 0 Å². The van der Waals surface area contributed by atoms with Crippen molar-refractivity contribution in [2.45, 2.75) is 31.1 Å². The van der Waals surface area contributed by atoms with E-state index in [1.807, 2.05) is 6.07 Å². The van der Waals surface area contributed by atoms with Crippen molar-refractivity contribution in [3.05, 3.63) is 41.8 Å². The molecule has 0 nitrogen and oxygen atoms in total. The first-order valence-electron chi connectivity index (χ1n) is 4.72. The Morgan fingerprint density at radius 3 is 2.53 bits per heavy atom. The number of unbranched alkanes of at least 4 members (excludes halogenated alkanes) is 2. The molecule has 0 bridgehead atoms. The third-order valence-electron chi connectivity index (χ3n) is 1.71. The largest absolute Gasteiger partial charge is 1.00 e. The van der Waals surface area contributed by atoms with Gasteiger partial charge in [0.25, 0.3) is 0 Å². The van der Waals surface area contributed by atoms with Gasteiger partial charge in [-0.05, 0) is 18.6 Å². The molecule has 0 N–H and O–H groups in total. The van der Waals surface area contributed by atoms with Crippen LogP contribution in [0, 0.1) is 5.41 Å². The van der Waals surface area contributed by atoms with Crippen molar-refractivity contribution in [2.75, 3.05) is 0 Å². The van der Waals surface area contributed by atoms with Crippen molar-refractivity contribution < 1.29 is 31.9 Å². The van der Waals surface area contributed by atoms with Crippen molar-refractivity contribution >= 4 is 11.8 Å². The Morgan fingerprint density at radius 1 is 1.27 bits per heavy atom. The Bertz CT molecular complexity index is 249. The molecule has 1 aromatic rings. The van der Waals surface area contributed by atoms with Crippen molar-refractivity contribution in [1.29, 1.82) is 0 Å². The predicted octanol–water partition coefficient (Wildman–Crippen LogP) is 1.29. The normalized spacial score (nSPS) is 9.40. The van der Waals surface area contributed by atoms with Gasteiger partial charge in [0.1, 0.15) is 0 Å². The number of thioether (sulfide) groups is 1. The molecule has 1 radical (unpaired) electrons. The van der Waals surface area contributed by atoms with Gasteiger partial charge in [0.15, 0.2) is 0 Å². The van der Waals surface area contributed by atoms with Crippen LogP contribution in [0.3, 0.4) is 0 Å². The molecule has 0 aliphatic carbocycles. The van der Waals surface area contributed by atoms with E-state index < -0.39 is 0 Å². The summed E-state index contributed by atoms with van der Waals surface area (Å²) in [6.07, 6.45) is 5.80. The molecule has 1 rings (SSSR count). The number of hydrogen-bond acceptors (Lipinski definition) is 1. The number of benzene rings is 1. The third-order valence-corrected chi connectivity index (χ3v) is 2.50. The molecule has 15 heavy (non-hydrogen) atoms. The van der Waals surface area contributed by atoms with Gasteiger partial charge in [-0.2, -0.15) is 0 Å². The molecule has 0 spiro atoms. The molecule has 0 fully saturated rings. The van der Waals surface area contributed by atoms with Gasteiger partial charge in [-0.25, -0.2) is 0 Å². The molecule has 0 aromatic heterocycles. The third kappa shape index (κ3) is 9.17. The summed E-state index contributed by atoms with van der Waals surface area (Å²) in [6.45, 7) is 2.21. The maximum atomic E-state index is 3.23. The summed E-state index contributed by atoms with van der Waals surface area (Å²) in [7, 11) is 0. The van der Waals surface area contributed by atoms with Gasteiger partial charge in [-0.1, -0.05) is 55.8 Å². The minimum atomic E-state index is 0. The average molecular weight is 292 g/mol. The Hall–Kier alpha value is 0.223. The van der Waals surface area contributed by atoms with Crippen molar-refractivity contribution in [1.82, 2.24) is 0 Å². The zero-order chi connectivity index (χ0) is 9.36. The summed E-state index contributed by atoms with van der Waals surface area (Å²) in [5.41, 5.74) is 0. The zero-order valence-corrected chi connectivity index (χ0v) is 13.6. The van der Waals surface area contributed by atoms with Crippen LogP contribution in [0.1, 0.15) is 26.2 Å². The standard InChI is InChI=1S/C12H15S.ClH.Zn/c1-2-3-4-8-11-13-12-9-6-5-7-10-12;;/h5-10H,2-4H2,1H3;1H;/p-1. The fourth-order valence-corrected chi connectivity index (χ4v) is 1.59. The van der Waals surface area contributed by atoms with E-state index in [4.69, 9.17) is 0 Å². The molecule has 0 heterocycles. The summed E-state index contributed by atoms with van der Waals surface area (Å²) < 4.78 is 0. The number of hydrogen-bond donors (Lipinski definition) is 0. The molecule has 0 aliphatic heterocycles. The van der Waals surface area contributed by atoms with Gasteiger partial charge in [-0.15, -0.1) is 0 Å². The molecule has 0 saturated carbocycles. The Balaban J connectivity index is 0. The average Bonchev–Trinajstić information content (AvgIpc) is 2.19. The second-order valence-corrected chi connectivity index (χ2v) is 3.79. The van der Waals surface area contributed by atoms with E-state index in [1.54, 1.807) is 11.8 Å². The van der Waals surface area contributed by atoms with Crippen molar-refractivity contribution in [3.8, 4) is 0 Å². The molecule has 0 saturated heterocycles. The van der Waals surface area contributed by atoms with Gasteiger partial charge in [-0.3, -0.25) is 0 Å². The van der Waals surface area contributed by atoms with Crippen molar-refractivity contribution in [3.63, 3.8) is 0 Å². The van der Waals surface area contributed by atoms with E-state index in [1.165, 1.54) is 17.7 Å². The molecule has 79 valence electrons. The molecule has 0 atom stereocenters. The van der Waals surface area contributed by atoms with Crippen LogP contribution in [0.4, 0.5) is 0 Å². The number of rotatable bonds is 5. The smallest absolute Gasteiger partial charge is 0.0218 e. The fraction of sp³-hybridized carbons (Fsp3) is 0.333. The van der Waals surface area contributed by atoms with Crippen LogP contribution in [0.15, 0.2) is 41.3 Å². The fourth-order valence-electron chi connectivity index (χ4n) is 0.963. The van der Waals surface area contributed by atoms with E-state index in [2.05, 4.69) is 42.7 Å². The SMILES string of the molecule is CCCCC=[C]Sc1ccccc1.[Cl-].[Zn]. The van der Waals surface area contributed by atoms with Crippen LogP contribution < -0.4 is 12.4 Å². The minimum Gasteiger partial charge on any atom is -1.00 e. The maximum Gasteiger partial charge on any atom is 0.0218 e. The van der Waals surface area contributed by atoms with Crippen molar-refractivity contribution in [2.24, 2.45) is 0 Å². The second-order valence-electron chi connectivity index (χ2n) is 2.88. The zero-order valence-electron chi connectivity index (χ0n) is 9.08. The van der Waals surface area contributed by atoms with Crippen LogP contribution in [-0.4, -0.2) is 0 Å². The van der Waals surface area contributed by atoms with E-state index in [9.17, 15) is 0 Å². The Morgan fingerprint density at radius 2 is 1.93 bits per heavy atom. The van der Waals surface area contributed by atoms with Gasteiger partial charge < -0.3 is 12.4 Å². The van der Waals surface area contributed by atoms with Crippen LogP contribution in [0.5, 0.6) is 0 Å². The Kier molecular flexibility index (Phi) is 14.4. The van der Waals surface area contributed by atoms with Crippen LogP contribution in [0.25, 0.3) is 0 Å². The topological polar surface area (TPSA) is 0 Å². The monoisotopic (exact) mass is 290 g/mol. The number of halogens is 1. The molecular formula is C12H15ClSZn-. The van der Waals surface area contributed by atoms with E-state index in [0.29, 0.717) is 0 Å². The molecule has 0 unspecified atom stereocenters. The summed E-state index contributed by atoms with van der Waals surface area (Å²) in [6, 6.07) is 10.3. The van der Waals surface area contributed by atoms with Gasteiger partial charge in [0, 0.05) is 29.8 Å². The van der Waals surface area contributed by atoms with E-state index in [-0.39, 0.29) is 31.9 Å². The first-order chi connectivity index (χ1) is 6.43. The molecule has 0 amide bonds. The molecule has 0 aliphatic rings. The quantitative estimate of drug-likeness (QED) is 0.448. The Labute approximate surface area is 116 Å². The number of allylic oxidation sites excluding steroid dienone is 1. The summed E-state index contributed by atoms with van der Waals surface area (Å²) in [5, 5.41) is 3.23. The molecular weight excluding hydrogens is 277 g/mol. The van der Waals surface area contributed by atoms with Gasteiger partial charge in [0.2, 0.25) is 0 Å². The first kappa shape index (κ1) is 17.6. The van der Waals surface area contributed by atoms with Gasteiger partial charge in [0.05, 0.1) is 0 Å². The molecule has 1 aromatic carbocycles. The summed E-state index contributed by atoms with van der Waals surface area (Å²) >= 11 is 1.67. The molecule has 3 heteroatoms. The first-order valence-corrected chi connectivity index (χ1v) is 5.54. The van der Waals surface area contributed by atoms with E-state index in [0.717, 1.165) is 6.42 Å². The van der Waals surface area contributed by atoms with Crippen LogP contribution >= 0.6 is 11.8 Å². The minimum absolute atomic E-state index is 0. The second kappa shape index (κ2) is 12.3. The van der Waals surface area contributed by atoms with Crippen LogP contribution in [0.2, 0.25) is 0 Å². The van der Waals surface area contributed by atoms with Gasteiger partial charge >= 0.3 is 0 Å². The maximum absolute atomic E-state index is 3.23. The predicted molar refractivity (Wildman–Crippen MR) is 59.6 cm³/mol. The summed E-state index contributed by atoms with van der Waals surface area (Å²) in [4.78, 5) is 1.26. The summed E-state index contributed by atoms with van der Waals surface area (Å²) in [5.74, 6) is 0. The van der Waals surface area contributed by atoms with Crippen LogP contribution in [-0.2, 0) is 19.5 Å².